The van der Waals surface area contributed by atoms with Gasteiger partial charge >= 0.3 is 0 Å². The first-order valence-corrected chi connectivity index (χ1v) is 7.06. The van der Waals surface area contributed by atoms with Crippen molar-refractivity contribution in [1.29, 1.82) is 0 Å². The molecule has 2 amide bonds. The molecule has 1 aromatic rings. The van der Waals surface area contributed by atoms with Crippen molar-refractivity contribution in [2.45, 2.75) is 30.5 Å². The number of carbonyl (C=O) groups excluding carboxylic acids is 2. The van der Waals surface area contributed by atoms with E-state index < -0.39 is 11.1 Å². The average Bonchev–Trinajstić information content (AvgIpc) is 2.85. The van der Waals surface area contributed by atoms with E-state index >= 15 is 0 Å². The van der Waals surface area contributed by atoms with Crippen molar-refractivity contribution in [3.8, 4) is 0 Å². The number of likely N-dealkylation sites (tertiary alicyclic amines) is 1. The van der Waals surface area contributed by atoms with Crippen molar-refractivity contribution in [2.75, 3.05) is 13.1 Å². The van der Waals surface area contributed by atoms with Gasteiger partial charge in [-0.25, -0.2) is 0 Å². The van der Waals surface area contributed by atoms with Crippen molar-refractivity contribution in [3.63, 3.8) is 0 Å². The van der Waals surface area contributed by atoms with Crippen LogP contribution in [0.2, 0.25) is 0 Å². The van der Waals surface area contributed by atoms with E-state index in [9.17, 15) is 9.59 Å². The Bertz CT molecular complexity index is 556. The molecule has 3 aliphatic heterocycles. The number of β-lactam (4-membered cyclic amide) rings is 2. The van der Waals surface area contributed by atoms with Crippen molar-refractivity contribution >= 4 is 11.8 Å². The Morgan fingerprint density at radius 3 is 1.90 bits per heavy atom. The zero-order valence-electron chi connectivity index (χ0n) is 11.2. The highest BCUT2D eigenvalue weighted by Crippen LogP contribution is 2.47. The molecule has 3 saturated heterocycles. The van der Waals surface area contributed by atoms with Gasteiger partial charge in [-0.05, 0) is 18.4 Å². The van der Waals surface area contributed by atoms with E-state index in [-0.39, 0.29) is 11.8 Å². The number of carbonyl (C=O) groups is 2. The molecule has 2 N–H and O–H groups in total. The van der Waals surface area contributed by atoms with Crippen LogP contribution in [-0.2, 0) is 16.1 Å². The lowest BCUT2D eigenvalue weighted by Gasteiger charge is -2.52. The average molecular weight is 271 g/mol. The van der Waals surface area contributed by atoms with Crippen molar-refractivity contribution in [3.05, 3.63) is 35.9 Å². The molecule has 0 aliphatic carbocycles. The van der Waals surface area contributed by atoms with E-state index in [1.165, 1.54) is 0 Å². The Labute approximate surface area is 117 Å². The number of nitrogens with one attached hydrogen (secondary N) is 2. The van der Waals surface area contributed by atoms with E-state index in [1.807, 2.05) is 30.3 Å². The standard InChI is InChI=1S/C15H17N3O2/c19-12-14(9-16-12)6-7-15(10-17-13(15)20)18(14)8-11-4-2-1-3-5-11/h1-5H,6-10H2,(H,16,19)(H,17,20). The fourth-order valence-corrected chi connectivity index (χ4v) is 3.73. The molecule has 3 fully saturated rings. The quantitative estimate of drug-likeness (QED) is 0.746. The lowest BCUT2D eigenvalue weighted by molar-refractivity contribution is -0.156. The van der Waals surface area contributed by atoms with Crippen LogP contribution in [0.3, 0.4) is 0 Å². The number of hydrogen-bond acceptors (Lipinski definition) is 3. The van der Waals surface area contributed by atoms with Gasteiger partial charge in [0.15, 0.2) is 0 Å². The van der Waals surface area contributed by atoms with Gasteiger partial charge in [-0.3, -0.25) is 14.5 Å². The third-order valence-electron chi connectivity index (χ3n) is 5.10. The largest absolute Gasteiger partial charge is 0.352 e. The molecule has 1 aromatic carbocycles. The van der Waals surface area contributed by atoms with Gasteiger partial charge < -0.3 is 10.6 Å². The van der Waals surface area contributed by atoms with Crippen molar-refractivity contribution in [2.24, 2.45) is 0 Å². The first kappa shape index (κ1) is 11.9. The lowest BCUT2D eigenvalue weighted by Crippen LogP contribution is -2.79. The molecule has 0 bridgehead atoms. The zero-order chi connectivity index (χ0) is 13.8. The Morgan fingerprint density at radius 2 is 1.50 bits per heavy atom. The maximum atomic E-state index is 12.1. The van der Waals surface area contributed by atoms with E-state index in [0.29, 0.717) is 19.6 Å². The van der Waals surface area contributed by atoms with Gasteiger partial charge in [-0.15, -0.1) is 0 Å². The summed E-state index contributed by atoms with van der Waals surface area (Å²) in [6.07, 6.45) is 1.55. The van der Waals surface area contributed by atoms with Gasteiger partial charge in [0.1, 0.15) is 11.1 Å². The molecule has 5 nitrogen and oxygen atoms in total. The van der Waals surface area contributed by atoms with Crippen LogP contribution < -0.4 is 10.6 Å². The predicted molar refractivity (Wildman–Crippen MR) is 72.7 cm³/mol. The molecule has 4 rings (SSSR count). The smallest absolute Gasteiger partial charge is 0.242 e. The monoisotopic (exact) mass is 271 g/mol. The van der Waals surface area contributed by atoms with Crippen molar-refractivity contribution in [1.82, 2.24) is 15.5 Å². The fraction of sp³-hybridized carbons (Fsp3) is 0.467. The highest BCUT2D eigenvalue weighted by molar-refractivity contribution is 5.98. The summed E-state index contributed by atoms with van der Waals surface area (Å²) in [4.78, 5) is 26.4. The molecule has 0 aromatic heterocycles. The molecule has 2 spiro atoms. The topological polar surface area (TPSA) is 61.4 Å². The minimum atomic E-state index is -0.465. The van der Waals surface area contributed by atoms with Gasteiger partial charge in [0.25, 0.3) is 0 Å². The number of benzene rings is 1. The van der Waals surface area contributed by atoms with E-state index in [4.69, 9.17) is 0 Å². The number of amides is 2. The Balaban J connectivity index is 1.71. The predicted octanol–water partition coefficient (Wildman–Crippen LogP) is 0.0196. The Morgan fingerprint density at radius 1 is 0.950 bits per heavy atom. The molecule has 2 atom stereocenters. The lowest BCUT2D eigenvalue weighted by atomic mass is 9.87. The molecule has 20 heavy (non-hydrogen) atoms. The molecule has 0 saturated carbocycles. The minimum Gasteiger partial charge on any atom is -0.352 e. The van der Waals surface area contributed by atoms with Crippen LogP contribution in [0.15, 0.2) is 30.3 Å². The van der Waals surface area contributed by atoms with Crippen LogP contribution in [0.25, 0.3) is 0 Å². The SMILES string of the molecule is O=C1NCC12CCC1(CNC1=O)N2Cc1ccccc1. The van der Waals surface area contributed by atoms with Crippen LogP contribution in [0.5, 0.6) is 0 Å². The molecule has 0 radical (unpaired) electrons. The number of rotatable bonds is 2. The van der Waals surface area contributed by atoms with Gasteiger partial charge in [0, 0.05) is 19.6 Å². The number of hydrogen-bond donors (Lipinski definition) is 2. The van der Waals surface area contributed by atoms with Gasteiger partial charge in [0.2, 0.25) is 11.8 Å². The molecular formula is C15H17N3O2. The summed E-state index contributed by atoms with van der Waals surface area (Å²) in [5.74, 6) is 0.148. The van der Waals surface area contributed by atoms with Gasteiger partial charge in [-0.1, -0.05) is 30.3 Å². The maximum absolute atomic E-state index is 12.1. The zero-order valence-corrected chi connectivity index (χ0v) is 11.2. The van der Waals surface area contributed by atoms with Crippen molar-refractivity contribution < 1.29 is 9.59 Å². The summed E-state index contributed by atoms with van der Waals surface area (Å²) < 4.78 is 0. The first-order chi connectivity index (χ1) is 9.67. The van der Waals surface area contributed by atoms with Crippen LogP contribution in [-0.4, -0.2) is 40.9 Å². The third-order valence-corrected chi connectivity index (χ3v) is 5.10. The van der Waals surface area contributed by atoms with Gasteiger partial charge in [0.05, 0.1) is 0 Å². The highest BCUT2D eigenvalue weighted by Gasteiger charge is 2.67. The van der Waals surface area contributed by atoms with Gasteiger partial charge in [-0.2, -0.15) is 0 Å². The summed E-state index contributed by atoms with van der Waals surface area (Å²) in [6.45, 7) is 1.98. The molecular weight excluding hydrogens is 254 g/mol. The molecule has 3 heterocycles. The summed E-state index contributed by atoms with van der Waals surface area (Å²) in [5.41, 5.74) is 0.217. The highest BCUT2D eigenvalue weighted by atomic mass is 16.2. The summed E-state index contributed by atoms with van der Waals surface area (Å²) in [6, 6.07) is 10.1. The summed E-state index contributed by atoms with van der Waals surface area (Å²) in [5, 5.41) is 5.69. The second kappa shape index (κ2) is 3.82. The molecule has 3 aliphatic rings. The van der Waals surface area contributed by atoms with E-state index in [1.54, 1.807) is 0 Å². The van der Waals surface area contributed by atoms with Crippen LogP contribution in [0.1, 0.15) is 18.4 Å². The second-order valence-corrected chi connectivity index (χ2v) is 6.00. The van der Waals surface area contributed by atoms with Crippen LogP contribution >= 0.6 is 0 Å². The first-order valence-electron chi connectivity index (χ1n) is 7.06. The number of nitrogens with zero attached hydrogens (tertiary/aromatic N) is 1. The third kappa shape index (κ3) is 1.31. The maximum Gasteiger partial charge on any atom is 0.242 e. The Hall–Kier alpha value is -1.88. The molecule has 104 valence electrons. The second-order valence-electron chi connectivity index (χ2n) is 6.00. The molecule has 5 heteroatoms. The normalized spacial score (nSPS) is 35.6. The Kier molecular flexibility index (Phi) is 2.27. The summed E-state index contributed by atoms with van der Waals surface area (Å²) >= 11 is 0. The minimum absolute atomic E-state index is 0.0741. The van der Waals surface area contributed by atoms with E-state index in [0.717, 1.165) is 18.4 Å². The summed E-state index contributed by atoms with van der Waals surface area (Å²) in [7, 11) is 0. The van der Waals surface area contributed by atoms with Crippen LogP contribution in [0.4, 0.5) is 0 Å². The van der Waals surface area contributed by atoms with Crippen LogP contribution in [0, 0.1) is 0 Å². The molecule has 2 unspecified atom stereocenters. The fourth-order valence-electron chi connectivity index (χ4n) is 3.73. The van der Waals surface area contributed by atoms with E-state index in [2.05, 4.69) is 15.5 Å².